The van der Waals surface area contributed by atoms with Gasteiger partial charge in [0.15, 0.2) is 0 Å². The van der Waals surface area contributed by atoms with Crippen molar-refractivity contribution >= 4 is 5.91 Å². The first-order valence-electron chi connectivity index (χ1n) is 6.56. The Balaban J connectivity index is 2.00. The highest BCUT2D eigenvalue weighted by molar-refractivity contribution is 5.96. The standard InChI is InChI=1S/C13H21N3O2/c1-4-18-11-5-7-16(8-6-11)13(17)12-9(2)14-15-10(12)3/h11H,4-8H2,1-3H3,(H,14,15). The van der Waals surface area contributed by atoms with Crippen LogP contribution in [0, 0.1) is 13.8 Å². The van der Waals surface area contributed by atoms with Crippen LogP contribution in [0.2, 0.25) is 0 Å². The number of carbonyl (C=O) groups excluding carboxylic acids is 1. The maximum Gasteiger partial charge on any atom is 0.257 e. The Morgan fingerprint density at radius 2 is 2.11 bits per heavy atom. The van der Waals surface area contributed by atoms with Crippen LogP contribution >= 0.6 is 0 Å². The smallest absolute Gasteiger partial charge is 0.257 e. The van der Waals surface area contributed by atoms with Gasteiger partial charge in [0.1, 0.15) is 0 Å². The number of nitrogens with zero attached hydrogens (tertiary/aromatic N) is 2. The maximum absolute atomic E-state index is 12.4. The molecule has 100 valence electrons. The molecule has 0 radical (unpaired) electrons. The van der Waals surface area contributed by atoms with Crippen LogP contribution in [-0.4, -0.2) is 46.8 Å². The van der Waals surface area contributed by atoms with E-state index in [2.05, 4.69) is 10.2 Å². The number of aromatic nitrogens is 2. The van der Waals surface area contributed by atoms with Crippen molar-refractivity contribution < 1.29 is 9.53 Å². The number of carbonyl (C=O) groups is 1. The summed E-state index contributed by atoms with van der Waals surface area (Å²) >= 11 is 0. The Kier molecular flexibility index (Phi) is 4.01. The fourth-order valence-corrected chi connectivity index (χ4v) is 2.49. The zero-order valence-corrected chi connectivity index (χ0v) is 11.3. The van der Waals surface area contributed by atoms with Gasteiger partial charge in [0, 0.05) is 25.4 Å². The second-order valence-corrected chi connectivity index (χ2v) is 4.76. The number of rotatable bonds is 3. The molecule has 1 aliphatic heterocycles. The lowest BCUT2D eigenvalue weighted by Crippen LogP contribution is -2.41. The number of H-pyrrole nitrogens is 1. The largest absolute Gasteiger partial charge is 0.378 e. The minimum atomic E-state index is 0.0914. The second-order valence-electron chi connectivity index (χ2n) is 4.76. The number of hydrogen-bond acceptors (Lipinski definition) is 3. The summed E-state index contributed by atoms with van der Waals surface area (Å²) in [6.45, 7) is 8.05. The Hall–Kier alpha value is -1.36. The number of hydrogen-bond donors (Lipinski definition) is 1. The van der Waals surface area contributed by atoms with E-state index in [1.165, 1.54) is 0 Å². The molecule has 5 nitrogen and oxygen atoms in total. The van der Waals surface area contributed by atoms with Gasteiger partial charge >= 0.3 is 0 Å². The lowest BCUT2D eigenvalue weighted by atomic mass is 10.1. The third-order valence-electron chi connectivity index (χ3n) is 3.47. The molecular weight excluding hydrogens is 230 g/mol. The van der Waals surface area contributed by atoms with Gasteiger partial charge in [0.2, 0.25) is 0 Å². The molecule has 0 spiro atoms. The number of ether oxygens (including phenoxy) is 1. The number of amides is 1. The molecule has 2 rings (SSSR count). The number of aryl methyl sites for hydroxylation is 2. The first-order chi connectivity index (χ1) is 8.63. The monoisotopic (exact) mass is 251 g/mol. The van der Waals surface area contributed by atoms with Crippen molar-refractivity contribution in [2.75, 3.05) is 19.7 Å². The molecule has 1 aromatic heterocycles. The van der Waals surface area contributed by atoms with Crippen LogP contribution < -0.4 is 0 Å². The van der Waals surface area contributed by atoms with Crippen molar-refractivity contribution in [3.05, 3.63) is 17.0 Å². The van der Waals surface area contributed by atoms with Gasteiger partial charge in [0.05, 0.1) is 17.4 Å². The first-order valence-corrected chi connectivity index (χ1v) is 6.56. The van der Waals surface area contributed by atoms with E-state index in [1.54, 1.807) is 0 Å². The minimum absolute atomic E-state index is 0.0914. The van der Waals surface area contributed by atoms with E-state index in [0.717, 1.165) is 49.5 Å². The van der Waals surface area contributed by atoms with E-state index < -0.39 is 0 Å². The first kappa shape index (κ1) is 13.1. The molecule has 0 aliphatic carbocycles. The molecule has 1 saturated heterocycles. The Labute approximate surface area is 108 Å². The van der Waals surface area contributed by atoms with Crippen LogP contribution in [0.4, 0.5) is 0 Å². The Morgan fingerprint density at radius 1 is 1.44 bits per heavy atom. The average Bonchev–Trinajstić information content (AvgIpc) is 2.70. The molecule has 18 heavy (non-hydrogen) atoms. The quantitative estimate of drug-likeness (QED) is 0.889. The van der Waals surface area contributed by atoms with E-state index in [-0.39, 0.29) is 5.91 Å². The zero-order chi connectivity index (χ0) is 13.1. The van der Waals surface area contributed by atoms with Gasteiger partial charge in [-0.05, 0) is 33.6 Å². The number of aromatic amines is 1. The van der Waals surface area contributed by atoms with Crippen molar-refractivity contribution in [2.45, 2.75) is 39.7 Å². The van der Waals surface area contributed by atoms with Crippen molar-refractivity contribution in [3.8, 4) is 0 Å². The summed E-state index contributed by atoms with van der Waals surface area (Å²) in [6, 6.07) is 0. The highest BCUT2D eigenvalue weighted by Crippen LogP contribution is 2.18. The van der Waals surface area contributed by atoms with E-state index >= 15 is 0 Å². The third kappa shape index (κ3) is 2.56. The molecule has 1 aromatic rings. The molecule has 5 heteroatoms. The van der Waals surface area contributed by atoms with Gasteiger partial charge in [-0.3, -0.25) is 9.89 Å². The summed E-state index contributed by atoms with van der Waals surface area (Å²) in [4.78, 5) is 14.3. The van der Waals surface area contributed by atoms with Crippen LogP contribution in [-0.2, 0) is 4.74 Å². The fourth-order valence-electron chi connectivity index (χ4n) is 2.49. The molecule has 0 unspecified atom stereocenters. The lowest BCUT2D eigenvalue weighted by Gasteiger charge is -2.31. The summed E-state index contributed by atoms with van der Waals surface area (Å²) in [5.41, 5.74) is 2.36. The van der Waals surface area contributed by atoms with E-state index in [9.17, 15) is 4.79 Å². The van der Waals surface area contributed by atoms with Gasteiger partial charge in [-0.25, -0.2) is 0 Å². The van der Waals surface area contributed by atoms with Gasteiger partial charge in [-0.1, -0.05) is 0 Å². The second kappa shape index (κ2) is 5.52. The predicted molar refractivity (Wildman–Crippen MR) is 68.6 cm³/mol. The molecule has 0 aromatic carbocycles. The summed E-state index contributed by atoms with van der Waals surface area (Å²) in [5, 5.41) is 6.94. The van der Waals surface area contributed by atoms with Gasteiger partial charge in [-0.15, -0.1) is 0 Å². The van der Waals surface area contributed by atoms with E-state index in [4.69, 9.17) is 4.74 Å². The topological polar surface area (TPSA) is 58.2 Å². The SMILES string of the molecule is CCOC1CCN(C(=O)c2c(C)n[nH]c2C)CC1. The Bertz CT molecular complexity index is 400. The molecule has 0 bridgehead atoms. The summed E-state index contributed by atoms with van der Waals surface area (Å²) in [7, 11) is 0. The van der Waals surface area contributed by atoms with Crippen LogP contribution in [0.3, 0.4) is 0 Å². The maximum atomic E-state index is 12.4. The van der Waals surface area contributed by atoms with Crippen molar-refractivity contribution in [1.82, 2.24) is 15.1 Å². The average molecular weight is 251 g/mol. The lowest BCUT2D eigenvalue weighted by molar-refractivity contribution is 0.0145. The molecular formula is C13H21N3O2. The van der Waals surface area contributed by atoms with Gasteiger partial charge < -0.3 is 9.64 Å². The number of nitrogens with one attached hydrogen (secondary N) is 1. The summed E-state index contributed by atoms with van der Waals surface area (Å²) in [6.07, 6.45) is 2.16. The zero-order valence-electron chi connectivity index (χ0n) is 11.3. The van der Waals surface area contributed by atoms with Gasteiger partial charge in [0.25, 0.3) is 5.91 Å². The highest BCUT2D eigenvalue weighted by Gasteiger charge is 2.26. The molecule has 0 atom stereocenters. The van der Waals surface area contributed by atoms with Crippen molar-refractivity contribution in [3.63, 3.8) is 0 Å². The summed E-state index contributed by atoms with van der Waals surface area (Å²) in [5.74, 6) is 0.0914. The van der Waals surface area contributed by atoms with E-state index in [1.807, 2.05) is 25.7 Å². The molecule has 1 N–H and O–H groups in total. The third-order valence-corrected chi connectivity index (χ3v) is 3.47. The molecule has 1 amide bonds. The van der Waals surface area contributed by atoms with Crippen molar-refractivity contribution in [1.29, 1.82) is 0 Å². The van der Waals surface area contributed by atoms with Crippen LogP contribution in [0.1, 0.15) is 41.5 Å². The molecule has 0 saturated carbocycles. The molecule has 2 heterocycles. The van der Waals surface area contributed by atoms with Crippen LogP contribution in [0.5, 0.6) is 0 Å². The van der Waals surface area contributed by atoms with Crippen LogP contribution in [0.25, 0.3) is 0 Å². The molecule has 1 fully saturated rings. The predicted octanol–water partition coefficient (Wildman–Crippen LogP) is 1.67. The van der Waals surface area contributed by atoms with Crippen LogP contribution in [0.15, 0.2) is 0 Å². The molecule has 1 aliphatic rings. The normalized spacial score (nSPS) is 17.2. The minimum Gasteiger partial charge on any atom is -0.378 e. The number of likely N-dealkylation sites (tertiary alicyclic amines) is 1. The highest BCUT2D eigenvalue weighted by atomic mass is 16.5. The Morgan fingerprint density at radius 3 is 2.61 bits per heavy atom. The fraction of sp³-hybridized carbons (Fsp3) is 0.692. The summed E-state index contributed by atoms with van der Waals surface area (Å²) < 4.78 is 5.59. The van der Waals surface area contributed by atoms with Crippen molar-refractivity contribution in [2.24, 2.45) is 0 Å². The van der Waals surface area contributed by atoms with Gasteiger partial charge in [-0.2, -0.15) is 5.10 Å². The number of piperidine rings is 1. The van der Waals surface area contributed by atoms with E-state index in [0.29, 0.717) is 6.10 Å².